The summed E-state index contributed by atoms with van der Waals surface area (Å²) in [5, 5.41) is 6.98. The highest BCUT2D eigenvalue weighted by Gasteiger charge is 2.16. The predicted molar refractivity (Wildman–Crippen MR) is 83.1 cm³/mol. The first-order chi connectivity index (χ1) is 11.0. The summed E-state index contributed by atoms with van der Waals surface area (Å²) in [6, 6.07) is 4.07. The van der Waals surface area contributed by atoms with E-state index in [0.717, 1.165) is 0 Å². The first kappa shape index (κ1) is 16.7. The maximum absolute atomic E-state index is 13.3. The fraction of sp³-hybridized carbons (Fsp3) is 0.312. The Balaban J connectivity index is 1.88. The molecule has 6 nitrogen and oxygen atoms in total. The fourth-order valence-electron chi connectivity index (χ4n) is 2.09. The van der Waals surface area contributed by atoms with E-state index in [0.29, 0.717) is 36.2 Å². The number of nitrogens with zero attached hydrogens (tertiary/aromatic N) is 2. The summed E-state index contributed by atoms with van der Waals surface area (Å²) < 4.78 is 18.4. The van der Waals surface area contributed by atoms with Crippen LogP contribution < -0.4 is 5.32 Å². The number of nitrogens with one attached hydrogen (secondary N) is 1. The topological polar surface area (TPSA) is 75.4 Å². The average molecular weight is 319 g/mol. The predicted octanol–water partition coefficient (Wildman–Crippen LogP) is 1.66. The Bertz CT molecular complexity index is 726. The third-order valence-corrected chi connectivity index (χ3v) is 3.41. The Labute approximate surface area is 132 Å². The van der Waals surface area contributed by atoms with Crippen molar-refractivity contribution in [2.45, 2.75) is 12.8 Å². The van der Waals surface area contributed by atoms with Gasteiger partial charge in [-0.1, -0.05) is 11.7 Å². The van der Waals surface area contributed by atoms with Crippen LogP contribution in [0.3, 0.4) is 0 Å². The molecule has 122 valence electrons. The van der Waals surface area contributed by atoms with Crippen molar-refractivity contribution in [3.8, 4) is 0 Å². The van der Waals surface area contributed by atoms with Gasteiger partial charge in [0.25, 0.3) is 0 Å². The van der Waals surface area contributed by atoms with Crippen molar-refractivity contribution < 1.29 is 18.5 Å². The first-order valence-corrected chi connectivity index (χ1v) is 7.19. The minimum atomic E-state index is -0.402. The molecule has 7 heteroatoms. The molecule has 0 aliphatic carbocycles. The second kappa shape index (κ2) is 7.53. The Morgan fingerprint density at radius 2 is 2.26 bits per heavy atom. The van der Waals surface area contributed by atoms with Gasteiger partial charge >= 0.3 is 0 Å². The molecule has 0 saturated carbocycles. The van der Waals surface area contributed by atoms with Crippen molar-refractivity contribution in [1.82, 2.24) is 15.4 Å². The molecule has 1 heterocycles. The van der Waals surface area contributed by atoms with Crippen molar-refractivity contribution in [3.63, 3.8) is 0 Å². The highest BCUT2D eigenvalue weighted by Crippen LogP contribution is 2.20. The number of halogens is 1. The quantitative estimate of drug-likeness (QED) is 0.622. The molecule has 1 aromatic carbocycles. The van der Waals surface area contributed by atoms with Gasteiger partial charge in [-0.3, -0.25) is 9.59 Å². The maximum atomic E-state index is 13.3. The number of hydrogen-bond donors (Lipinski definition) is 1. The van der Waals surface area contributed by atoms with Crippen LogP contribution in [0.5, 0.6) is 0 Å². The van der Waals surface area contributed by atoms with Crippen LogP contribution in [0.15, 0.2) is 35.4 Å². The van der Waals surface area contributed by atoms with Gasteiger partial charge in [0.2, 0.25) is 11.8 Å². The van der Waals surface area contributed by atoms with Gasteiger partial charge in [-0.05, 0) is 30.7 Å². The zero-order valence-corrected chi connectivity index (χ0v) is 12.8. The van der Waals surface area contributed by atoms with E-state index < -0.39 is 5.82 Å². The van der Waals surface area contributed by atoms with E-state index in [9.17, 15) is 14.0 Å². The number of carbonyl (C=O) groups is 2. The largest absolute Gasteiger partial charge is 0.356 e. The van der Waals surface area contributed by atoms with Crippen LogP contribution in [-0.4, -0.2) is 42.0 Å². The molecule has 0 unspecified atom stereocenters. The molecular formula is C16H18FN3O3. The fourth-order valence-corrected chi connectivity index (χ4v) is 2.09. The molecule has 0 spiro atoms. The monoisotopic (exact) mass is 319 g/mol. The summed E-state index contributed by atoms with van der Waals surface area (Å²) in [5.74, 6) is -0.796. The second-order valence-corrected chi connectivity index (χ2v) is 5.11. The van der Waals surface area contributed by atoms with Gasteiger partial charge in [0.05, 0.1) is 6.42 Å². The van der Waals surface area contributed by atoms with Gasteiger partial charge in [-0.15, -0.1) is 0 Å². The maximum Gasteiger partial charge on any atom is 0.243 e. The third kappa shape index (κ3) is 4.38. The van der Waals surface area contributed by atoms with Crippen LogP contribution in [0.1, 0.15) is 12.1 Å². The normalized spacial score (nSPS) is 10.5. The second-order valence-electron chi connectivity index (χ2n) is 5.11. The van der Waals surface area contributed by atoms with E-state index >= 15 is 0 Å². The van der Waals surface area contributed by atoms with Crippen LogP contribution >= 0.6 is 0 Å². The molecule has 0 aliphatic heterocycles. The zero-order chi connectivity index (χ0) is 16.8. The van der Waals surface area contributed by atoms with Gasteiger partial charge in [-0.25, -0.2) is 4.39 Å². The molecule has 2 amide bonds. The number of fused-ring (bicyclic) bond motifs is 1. The minimum Gasteiger partial charge on any atom is -0.356 e. The minimum absolute atomic E-state index is 0.0337. The lowest BCUT2D eigenvalue weighted by Gasteiger charge is -2.16. The number of benzene rings is 1. The molecule has 0 fully saturated rings. The third-order valence-electron chi connectivity index (χ3n) is 3.41. The standard InChI is InChI=1S/C16H18FN3O3/c1-3-15(21)18-7-4-8-20(2)16(22)10-13-12-9-11(17)5-6-14(12)23-19-13/h3,5-6,9H,1,4,7-8,10H2,2H3,(H,18,21). The van der Waals surface area contributed by atoms with Crippen molar-refractivity contribution in [2.24, 2.45) is 0 Å². The number of aromatic nitrogens is 1. The number of hydrogen-bond acceptors (Lipinski definition) is 4. The SMILES string of the molecule is C=CC(=O)NCCCN(C)C(=O)Cc1noc2ccc(F)cc12. The van der Waals surface area contributed by atoms with Crippen LogP contribution in [0.4, 0.5) is 4.39 Å². The molecule has 0 radical (unpaired) electrons. The highest BCUT2D eigenvalue weighted by atomic mass is 19.1. The van der Waals surface area contributed by atoms with E-state index in [2.05, 4.69) is 17.1 Å². The summed E-state index contributed by atoms with van der Waals surface area (Å²) in [5.41, 5.74) is 0.861. The van der Waals surface area contributed by atoms with E-state index in [1.165, 1.54) is 24.3 Å². The Hall–Kier alpha value is -2.70. The number of likely N-dealkylation sites (N-methyl/N-ethyl adjacent to an activating group) is 1. The summed E-state index contributed by atoms with van der Waals surface area (Å²) in [6.45, 7) is 4.30. The van der Waals surface area contributed by atoms with Crippen LogP contribution in [0.2, 0.25) is 0 Å². The van der Waals surface area contributed by atoms with E-state index in [4.69, 9.17) is 4.52 Å². The lowest BCUT2D eigenvalue weighted by molar-refractivity contribution is -0.129. The van der Waals surface area contributed by atoms with Gasteiger partial charge in [0.1, 0.15) is 11.5 Å². The lowest BCUT2D eigenvalue weighted by atomic mass is 10.1. The molecule has 0 atom stereocenters. The van der Waals surface area contributed by atoms with Crippen molar-refractivity contribution >= 4 is 22.8 Å². The van der Waals surface area contributed by atoms with Gasteiger partial charge in [0.15, 0.2) is 5.58 Å². The van der Waals surface area contributed by atoms with Gasteiger partial charge in [0, 0.05) is 25.5 Å². The molecule has 0 aliphatic rings. The molecule has 1 N–H and O–H groups in total. The Morgan fingerprint density at radius 3 is 3.00 bits per heavy atom. The smallest absolute Gasteiger partial charge is 0.243 e. The number of rotatable bonds is 7. The molecule has 0 saturated heterocycles. The zero-order valence-electron chi connectivity index (χ0n) is 12.8. The van der Waals surface area contributed by atoms with Gasteiger partial charge in [-0.2, -0.15) is 0 Å². The molecule has 23 heavy (non-hydrogen) atoms. The first-order valence-electron chi connectivity index (χ1n) is 7.19. The average Bonchev–Trinajstić information content (AvgIpc) is 2.93. The van der Waals surface area contributed by atoms with Crippen molar-refractivity contribution in [2.75, 3.05) is 20.1 Å². The molecule has 0 bridgehead atoms. The van der Waals surface area contributed by atoms with E-state index in [1.807, 2.05) is 0 Å². The molecule has 1 aromatic heterocycles. The van der Waals surface area contributed by atoms with Crippen molar-refractivity contribution in [1.29, 1.82) is 0 Å². The summed E-state index contributed by atoms with van der Waals surface area (Å²) in [6.07, 6.45) is 1.85. The van der Waals surface area contributed by atoms with Crippen LogP contribution in [0, 0.1) is 5.82 Å². The van der Waals surface area contributed by atoms with Gasteiger partial charge < -0.3 is 14.7 Å². The summed E-state index contributed by atoms with van der Waals surface area (Å²) in [7, 11) is 1.67. The van der Waals surface area contributed by atoms with Crippen LogP contribution in [-0.2, 0) is 16.0 Å². The number of carbonyl (C=O) groups excluding carboxylic acids is 2. The molecule has 2 aromatic rings. The van der Waals surface area contributed by atoms with E-state index in [-0.39, 0.29) is 18.2 Å². The van der Waals surface area contributed by atoms with E-state index in [1.54, 1.807) is 11.9 Å². The Morgan fingerprint density at radius 1 is 1.48 bits per heavy atom. The summed E-state index contributed by atoms with van der Waals surface area (Å²) >= 11 is 0. The van der Waals surface area contributed by atoms with Crippen LogP contribution in [0.25, 0.3) is 11.0 Å². The van der Waals surface area contributed by atoms with Crippen molar-refractivity contribution in [3.05, 3.63) is 42.4 Å². The molecular weight excluding hydrogens is 301 g/mol. The molecule has 2 rings (SSSR count). The lowest BCUT2D eigenvalue weighted by Crippen LogP contribution is -2.32. The highest BCUT2D eigenvalue weighted by molar-refractivity contribution is 5.87. The Kier molecular flexibility index (Phi) is 5.46. The number of amides is 2. The summed E-state index contributed by atoms with van der Waals surface area (Å²) in [4.78, 5) is 24.7.